The van der Waals surface area contributed by atoms with E-state index in [9.17, 15) is 26.4 Å². The van der Waals surface area contributed by atoms with E-state index in [0.717, 1.165) is 29.8 Å². The molecular formula is C21H20F3N3O3S2. The Morgan fingerprint density at radius 2 is 1.78 bits per heavy atom. The van der Waals surface area contributed by atoms with Crippen LogP contribution in [0.4, 0.5) is 13.2 Å². The Morgan fingerprint density at radius 3 is 2.44 bits per heavy atom. The van der Waals surface area contributed by atoms with Crippen molar-refractivity contribution in [2.24, 2.45) is 0 Å². The van der Waals surface area contributed by atoms with Crippen LogP contribution < -0.4 is 0 Å². The lowest BCUT2D eigenvalue weighted by Gasteiger charge is -2.16. The van der Waals surface area contributed by atoms with Crippen molar-refractivity contribution in [2.45, 2.75) is 30.5 Å². The molecule has 0 saturated carbocycles. The van der Waals surface area contributed by atoms with Crippen LogP contribution in [-0.4, -0.2) is 48.4 Å². The highest BCUT2D eigenvalue weighted by Crippen LogP contribution is 2.38. The molecule has 0 aliphatic carbocycles. The van der Waals surface area contributed by atoms with Crippen molar-refractivity contribution < 1.29 is 26.4 Å². The predicted molar refractivity (Wildman–Crippen MR) is 115 cm³/mol. The lowest BCUT2D eigenvalue weighted by molar-refractivity contribution is -0.142. The maximum Gasteiger partial charge on any atom is 0.435 e. The van der Waals surface area contributed by atoms with Gasteiger partial charge in [-0.1, -0.05) is 12.1 Å². The van der Waals surface area contributed by atoms with Crippen molar-refractivity contribution in [3.63, 3.8) is 0 Å². The maximum atomic E-state index is 13.3. The third kappa shape index (κ3) is 4.73. The van der Waals surface area contributed by atoms with Gasteiger partial charge in [0, 0.05) is 24.2 Å². The molecule has 6 nitrogen and oxygen atoms in total. The minimum absolute atomic E-state index is 0.158. The van der Waals surface area contributed by atoms with Gasteiger partial charge in [-0.2, -0.15) is 18.3 Å². The highest BCUT2D eigenvalue weighted by atomic mass is 32.2. The van der Waals surface area contributed by atoms with Crippen molar-refractivity contribution >= 4 is 27.1 Å². The molecule has 0 radical (unpaired) electrons. The van der Waals surface area contributed by atoms with E-state index in [-0.39, 0.29) is 23.0 Å². The third-order valence-corrected chi connectivity index (χ3v) is 7.49. The normalized spacial score (nSPS) is 14.8. The van der Waals surface area contributed by atoms with Crippen LogP contribution in [0, 0.1) is 0 Å². The van der Waals surface area contributed by atoms with Gasteiger partial charge in [0.2, 0.25) is 5.91 Å². The Bertz CT molecular complexity index is 1260. The SMILES string of the molecule is CS(=O)(=O)c1cccc(-c2ccc(-c3cc(C(F)(F)F)nn3CC(=O)N3CCCC3)s2)c1. The Hall–Kier alpha value is -2.66. The number of thiophene rings is 1. The molecule has 2 aromatic heterocycles. The number of carbonyl (C=O) groups excluding carboxylic acids is 1. The molecule has 11 heteroatoms. The number of likely N-dealkylation sites (tertiary alicyclic amines) is 1. The molecule has 0 N–H and O–H groups in total. The van der Waals surface area contributed by atoms with Gasteiger partial charge in [-0.3, -0.25) is 9.48 Å². The summed E-state index contributed by atoms with van der Waals surface area (Å²) in [4.78, 5) is 15.5. The first-order chi connectivity index (χ1) is 15.0. The molecule has 1 fully saturated rings. The molecule has 32 heavy (non-hydrogen) atoms. The number of alkyl halides is 3. The molecule has 0 unspecified atom stereocenters. The number of halogens is 3. The standard InChI is InChI=1S/C21H20F3N3O3S2/c1-32(29,30)15-6-4-5-14(11-15)17-7-8-18(31-17)16-12-19(21(22,23)24)25-27(16)13-20(28)26-9-2-3-10-26/h4-8,11-12H,2-3,9-10,13H2,1H3. The van der Waals surface area contributed by atoms with Gasteiger partial charge in [-0.05, 0) is 48.7 Å². The van der Waals surface area contributed by atoms with Crippen LogP contribution in [0.15, 0.2) is 47.4 Å². The fraction of sp³-hybridized carbons (Fsp3) is 0.333. The highest BCUT2D eigenvalue weighted by Gasteiger charge is 2.35. The minimum Gasteiger partial charge on any atom is -0.341 e. The van der Waals surface area contributed by atoms with Crippen LogP contribution in [-0.2, 0) is 27.4 Å². The Kier molecular flexibility index (Phi) is 5.89. The number of carbonyl (C=O) groups is 1. The molecule has 0 atom stereocenters. The molecule has 3 heterocycles. The van der Waals surface area contributed by atoms with Gasteiger partial charge in [0.25, 0.3) is 0 Å². The topological polar surface area (TPSA) is 72.3 Å². The minimum atomic E-state index is -4.64. The molecule has 1 aliphatic heterocycles. The van der Waals surface area contributed by atoms with Gasteiger partial charge in [0.1, 0.15) is 6.54 Å². The van der Waals surface area contributed by atoms with Crippen molar-refractivity contribution in [2.75, 3.05) is 19.3 Å². The second kappa shape index (κ2) is 8.36. The molecule has 1 saturated heterocycles. The summed E-state index contributed by atoms with van der Waals surface area (Å²) in [5.74, 6) is -0.266. The van der Waals surface area contributed by atoms with Crippen molar-refractivity contribution in [3.8, 4) is 21.0 Å². The molecule has 0 bridgehead atoms. The Labute approximate surface area is 187 Å². The van der Waals surface area contributed by atoms with E-state index in [0.29, 0.717) is 28.4 Å². The van der Waals surface area contributed by atoms with Crippen molar-refractivity contribution in [3.05, 3.63) is 48.2 Å². The third-order valence-electron chi connectivity index (χ3n) is 5.22. The van der Waals surface area contributed by atoms with E-state index >= 15 is 0 Å². The van der Waals surface area contributed by atoms with Crippen molar-refractivity contribution in [1.29, 1.82) is 0 Å². The summed E-state index contributed by atoms with van der Waals surface area (Å²) in [6, 6.07) is 10.7. The van der Waals surface area contributed by atoms with E-state index in [1.165, 1.54) is 23.5 Å². The lowest BCUT2D eigenvalue weighted by atomic mass is 10.2. The molecule has 3 aromatic rings. The summed E-state index contributed by atoms with van der Waals surface area (Å²) >= 11 is 1.21. The zero-order valence-electron chi connectivity index (χ0n) is 17.1. The maximum absolute atomic E-state index is 13.3. The first-order valence-electron chi connectivity index (χ1n) is 9.86. The van der Waals surface area contributed by atoms with Crippen molar-refractivity contribution in [1.82, 2.24) is 14.7 Å². The molecule has 1 aliphatic rings. The largest absolute Gasteiger partial charge is 0.435 e. The van der Waals surface area contributed by atoms with Crippen LogP contribution in [0.5, 0.6) is 0 Å². The van der Waals surface area contributed by atoms with Crippen LogP contribution in [0.25, 0.3) is 21.0 Å². The first-order valence-corrected chi connectivity index (χ1v) is 12.6. The number of benzene rings is 1. The summed E-state index contributed by atoms with van der Waals surface area (Å²) in [6.45, 7) is 0.922. The van der Waals surface area contributed by atoms with Gasteiger partial charge >= 0.3 is 6.18 Å². The van der Waals surface area contributed by atoms with Crippen LogP contribution >= 0.6 is 11.3 Å². The second-order valence-electron chi connectivity index (χ2n) is 7.62. The number of rotatable bonds is 5. The number of hydrogen-bond acceptors (Lipinski definition) is 5. The molecule has 4 rings (SSSR count). The van der Waals surface area contributed by atoms with E-state index in [1.807, 2.05) is 0 Å². The molecule has 1 aromatic carbocycles. The van der Waals surface area contributed by atoms with E-state index < -0.39 is 21.7 Å². The average molecular weight is 484 g/mol. The smallest absolute Gasteiger partial charge is 0.341 e. The van der Waals surface area contributed by atoms with Gasteiger partial charge in [0.05, 0.1) is 15.5 Å². The van der Waals surface area contributed by atoms with Gasteiger partial charge in [-0.15, -0.1) is 11.3 Å². The van der Waals surface area contributed by atoms with E-state index in [4.69, 9.17) is 0 Å². The van der Waals surface area contributed by atoms with Crippen LogP contribution in [0.1, 0.15) is 18.5 Å². The predicted octanol–water partition coefficient (Wildman–Crippen LogP) is 4.32. The molecule has 1 amide bonds. The van der Waals surface area contributed by atoms with Gasteiger partial charge in [0.15, 0.2) is 15.5 Å². The average Bonchev–Trinajstić information content (AvgIpc) is 3.47. The molecule has 170 valence electrons. The fourth-order valence-electron chi connectivity index (χ4n) is 3.58. The first kappa shape index (κ1) is 22.5. The summed E-state index contributed by atoms with van der Waals surface area (Å²) in [6.07, 6.45) is -1.76. The van der Waals surface area contributed by atoms with Gasteiger partial charge < -0.3 is 4.90 Å². The zero-order chi connectivity index (χ0) is 23.1. The van der Waals surface area contributed by atoms with Crippen LogP contribution in [0.2, 0.25) is 0 Å². The summed E-state index contributed by atoms with van der Waals surface area (Å²) in [5, 5.41) is 3.67. The van der Waals surface area contributed by atoms with E-state index in [1.54, 1.807) is 29.2 Å². The molecule has 0 spiro atoms. The zero-order valence-corrected chi connectivity index (χ0v) is 18.7. The monoisotopic (exact) mass is 483 g/mol. The lowest BCUT2D eigenvalue weighted by Crippen LogP contribution is -2.31. The Balaban J connectivity index is 1.70. The quantitative estimate of drug-likeness (QED) is 0.542. The highest BCUT2D eigenvalue weighted by molar-refractivity contribution is 7.90. The number of aromatic nitrogens is 2. The second-order valence-corrected chi connectivity index (χ2v) is 10.7. The van der Waals surface area contributed by atoms with Crippen LogP contribution in [0.3, 0.4) is 0 Å². The number of amides is 1. The number of sulfone groups is 1. The number of nitrogens with zero attached hydrogens (tertiary/aromatic N) is 3. The van der Waals surface area contributed by atoms with Gasteiger partial charge in [-0.25, -0.2) is 8.42 Å². The van der Waals surface area contributed by atoms with E-state index in [2.05, 4.69) is 5.10 Å². The Morgan fingerprint density at radius 1 is 1.09 bits per heavy atom. The number of hydrogen-bond donors (Lipinski definition) is 0. The molecular weight excluding hydrogens is 463 g/mol. The summed E-state index contributed by atoms with van der Waals surface area (Å²) in [5.41, 5.74) is -0.226. The summed E-state index contributed by atoms with van der Waals surface area (Å²) in [7, 11) is -3.40. The fourth-order valence-corrected chi connectivity index (χ4v) is 5.27. The summed E-state index contributed by atoms with van der Waals surface area (Å²) < 4.78 is 64.8.